The monoisotopic (exact) mass is 1570 g/mol. The molecule has 0 heterocycles. The van der Waals surface area contributed by atoms with Crippen LogP contribution in [0.1, 0.15) is 25.0 Å². The van der Waals surface area contributed by atoms with E-state index < -0.39 is 5.41 Å². The lowest BCUT2D eigenvalue weighted by Crippen LogP contribution is -2.18. The first-order valence-corrected chi connectivity index (χ1v) is 42.4. The van der Waals surface area contributed by atoms with Crippen molar-refractivity contribution >= 4 is 89.8 Å². The van der Waals surface area contributed by atoms with Crippen molar-refractivity contribution < 1.29 is 0 Å². The van der Waals surface area contributed by atoms with Crippen LogP contribution in [0.2, 0.25) is 0 Å². The summed E-state index contributed by atoms with van der Waals surface area (Å²) < 4.78 is 0. The number of nitrogens with zero attached hydrogens (tertiary/aromatic N) is 4. The molecule has 0 aliphatic heterocycles. The number of benzene rings is 20. The van der Waals surface area contributed by atoms with Crippen LogP contribution in [0, 0.1) is 0 Å². The van der Waals surface area contributed by atoms with Crippen molar-refractivity contribution in [2.45, 2.75) is 19.3 Å². The molecule has 0 aromatic heterocycles. The summed E-state index contributed by atoms with van der Waals surface area (Å²) in [5.41, 5.74) is 34.8. The van der Waals surface area contributed by atoms with Crippen molar-refractivity contribution in [3.63, 3.8) is 0 Å². The van der Waals surface area contributed by atoms with Crippen LogP contribution in [-0.4, -0.2) is 0 Å². The first-order valence-electron chi connectivity index (χ1n) is 42.4. The largest absolute Gasteiger partial charge is 0.310 e. The molecule has 0 unspecified atom stereocenters. The molecule has 20 aromatic carbocycles. The van der Waals surface area contributed by atoms with Crippen molar-refractivity contribution in [2.24, 2.45) is 0 Å². The Hall–Kier alpha value is -15.9. The summed E-state index contributed by atoms with van der Waals surface area (Å²) in [7, 11) is 0. The average molecular weight is 1570 g/mol. The predicted molar refractivity (Wildman–Crippen MR) is 521 cm³/mol. The second-order valence-corrected chi connectivity index (χ2v) is 32.3. The molecule has 21 rings (SSSR count). The van der Waals surface area contributed by atoms with E-state index in [1.165, 1.54) is 27.8 Å². The number of hydrogen-bond acceptors (Lipinski definition) is 4. The molecule has 123 heavy (non-hydrogen) atoms. The molecular weight excluding hydrogens is 1490 g/mol. The Labute approximate surface area is 720 Å². The zero-order valence-corrected chi connectivity index (χ0v) is 68.5. The Kier molecular flexibility index (Phi) is 19.7. The van der Waals surface area contributed by atoms with Gasteiger partial charge in [-0.25, -0.2) is 0 Å². The standard InChI is InChI=1S/C119H86N4/c1-119(2)111-80-100(121(96-69-61-88(62-70-96)84-37-13-4-14-38-84)114-56-32-28-52-102(114)92-45-21-8-22-46-92)75-77-105(111)107-81-109-110(82-112(107)119)117(122(97-71-63-89(64-72-97)85-39-15-5-16-40-85)115-57-33-29-53-103(115)93-47-23-9-24-48-93)106-78-76-99(120(95-67-59-87(60-68-95)83-35-11-3-12-36-83)113-55-31-27-51-101(113)91-43-19-7-20-44-91)79-108(106)118(109)123(98-73-65-90(66-74-98)86-41-17-6-18-42-86)116-58-34-30-54-104(116)94-49-25-10-26-50-94/h3-82H,1-2H3. The maximum Gasteiger partial charge on any atom is 0.0621 e. The van der Waals surface area contributed by atoms with E-state index in [1.807, 2.05) is 0 Å². The minimum atomic E-state index is -0.563. The fourth-order valence-corrected chi connectivity index (χ4v) is 18.6. The first kappa shape index (κ1) is 74.7. The third-order valence-electron chi connectivity index (χ3n) is 24.6. The van der Waals surface area contributed by atoms with Crippen molar-refractivity contribution in [2.75, 3.05) is 19.6 Å². The van der Waals surface area contributed by atoms with Crippen LogP contribution in [0.15, 0.2) is 485 Å². The van der Waals surface area contributed by atoms with E-state index in [9.17, 15) is 0 Å². The van der Waals surface area contributed by atoms with Gasteiger partial charge in [-0.2, -0.15) is 0 Å². The van der Waals surface area contributed by atoms with E-state index >= 15 is 0 Å². The topological polar surface area (TPSA) is 13.0 Å². The van der Waals surface area contributed by atoms with E-state index in [0.717, 1.165) is 173 Å². The molecule has 0 N–H and O–H groups in total. The summed E-state index contributed by atoms with van der Waals surface area (Å²) in [6.45, 7) is 4.90. The molecule has 1 aliphatic rings. The van der Waals surface area contributed by atoms with Crippen LogP contribution in [0.4, 0.5) is 68.2 Å². The second kappa shape index (κ2) is 32.4. The zero-order valence-electron chi connectivity index (χ0n) is 68.5. The summed E-state index contributed by atoms with van der Waals surface area (Å²) in [5.74, 6) is 0. The smallest absolute Gasteiger partial charge is 0.0621 e. The number of fused-ring (bicyclic) bond motifs is 5. The molecule has 0 radical (unpaired) electrons. The minimum absolute atomic E-state index is 0.563. The van der Waals surface area contributed by atoms with E-state index in [4.69, 9.17) is 0 Å². The highest BCUT2D eigenvalue weighted by Gasteiger charge is 2.39. The van der Waals surface area contributed by atoms with Gasteiger partial charge in [0.1, 0.15) is 0 Å². The predicted octanol–water partition coefficient (Wildman–Crippen LogP) is 33.5. The fourth-order valence-electron chi connectivity index (χ4n) is 18.6. The van der Waals surface area contributed by atoms with Gasteiger partial charge in [-0.1, -0.05) is 390 Å². The molecular formula is C119H86N4. The normalized spacial score (nSPS) is 11.9. The van der Waals surface area contributed by atoms with Crippen LogP contribution >= 0.6 is 0 Å². The molecule has 0 spiro atoms. The Bertz CT molecular complexity index is 7190. The van der Waals surface area contributed by atoms with Crippen LogP contribution in [0.25, 0.3) is 122 Å². The Morgan fingerprint density at radius 1 is 0.146 bits per heavy atom. The van der Waals surface area contributed by atoms with Crippen molar-refractivity contribution in [1.29, 1.82) is 0 Å². The molecule has 1 aliphatic carbocycles. The van der Waals surface area contributed by atoms with E-state index in [1.54, 1.807) is 0 Å². The van der Waals surface area contributed by atoms with Gasteiger partial charge in [0.25, 0.3) is 0 Å². The van der Waals surface area contributed by atoms with Gasteiger partial charge in [-0.15, -0.1) is 0 Å². The van der Waals surface area contributed by atoms with Gasteiger partial charge in [0.2, 0.25) is 0 Å². The fraction of sp³-hybridized carbons (Fsp3) is 0.0252. The molecule has 0 saturated heterocycles. The highest BCUT2D eigenvalue weighted by molar-refractivity contribution is 6.26. The Morgan fingerprint density at radius 3 is 0.707 bits per heavy atom. The summed E-state index contributed by atoms with van der Waals surface area (Å²) in [6.07, 6.45) is 0. The number of anilines is 12. The van der Waals surface area contributed by atoms with Crippen LogP contribution < -0.4 is 19.6 Å². The molecule has 0 bridgehead atoms. The quantitative estimate of drug-likeness (QED) is 0.0557. The number of hydrogen-bond donors (Lipinski definition) is 0. The van der Waals surface area contributed by atoms with Gasteiger partial charge in [0.15, 0.2) is 0 Å². The van der Waals surface area contributed by atoms with Crippen LogP contribution in [-0.2, 0) is 5.41 Å². The summed E-state index contributed by atoms with van der Waals surface area (Å²) in [6, 6.07) is 179. The SMILES string of the molecule is CC1(C)c2cc(N(c3ccc(-c4ccccc4)cc3)c3ccccc3-c3ccccc3)ccc2-c2cc3c(N(c4ccc(-c5ccccc5)cc4)c4ccccc4-c4ccccc4)c4cc(N(c5ccc(-c6ccccc6)cc5)c5ccccc5-c5ccccc5)ccc4c(N(c4ccc(-c5ccccc5)cc4)c4ccccc4-c4ccccc4)c3cc21. The maximum atomic E-state index is 2.61. The van der Waals surface area contributed by atoms with Gasteiger partial charge in [0.05, 0.1) is 34.1 Å². The Balaban J connectivity index is 0.901. The molecule has 0 fully saturated rings. The van der Waals surface area contributed by atoms with Crippen molar-refractivity contribution in [3.8, 4) is 100 Å². The second-order valence-electron chi connectivity index (χ2n) is 32.3. The van der Waals surface area contributed by atoms with E-state index in [0.29, 0.717) is 0 Å². The lowest BCUT2D eigenvalue weighted by atomic mass is 9.81. The lowest BCUT2D eigenvalue weighted by Gasteiger charge is -2.35. The van der Waals surface area contributed by atoms with Crippen molar-refractivity contribution in [1.82, 2.24) is 0 Å². The first-order chi connectivity index (χ1) is 60.8. The highest BCUT2D eigenvalue weighted by Crippen LogP contribution is 2.60. The van der Waals surface area contributed by atoms with Crippen LogP contribution in [0.5, 0.6) is 0 Å². The molecule has 0 saturated carbocycles. The van der Waals surface area contributed by atoms with Gasteiger partial charge < -0.3 is 19.6 Å². The number of rotatable bonds is 20. The molecule has 582 valence electrons. The van der Waals surface area contributed by atoms with E-state index in [-0.39, 0.29) is 0 Å². The van der Waals surface area contributed by atoms with Gasteiger partial charge in [-0.3, -0.25) is 0 Å². The summed E-state index contributed by atoms with van der Waals surface area (Å²) >= 11 is 0. The third kappa shape index (κ3) is 14.1. The van der Waals surface area contributed by atoms with Gasteiger partial charge in [0, 0.05) is 83.3 Å². The molecule has 0 atom stereocenters. The highest BCUT2D eigenvalue weighted by atomic mass is 15.2. The summed E-state index contributed by atoms with van der Waals surface area (Å²) in [5, 5.41) is 4.24. The lowest BCUT2D eigenvalue weighted by molar-refractivity contribution is 0.661. The third-order valence-corrected chi connectivity index (χ3v) is 24.6. The summed E-state index contributed by atoms with van der Waals surface area (Å²) in [4.78, 5) is 10.2. The molecule has 4 nitrogen and oxygen atoms in total. The number of para-hydroxylation sites is 4. The zero-order chi connectivity index (χ0) is 82.2. The van der Waals surface area contributed by atoms with Crippen LogP contribution in [0.3, 0.4) is 0 Å². The van der Waals surface area contributed by atoms with Crippen molar-refractivity contribution in [3.05, 3.63) is 496 Å². The average Bonchev–Trinajstić information content (AvgIpc) is 1.66. The maximum absolute atomic E-state index is 2.61. The van der Waals surface area contributed by atoms with Gasteiger partial charge >= 0.3 is 0 Å². The molecule has 4 heteroatoms. The molecule has 20 aromatic rings. The van der Waals surface area contributed by atoms with Gasteiger partial charge in [-0.05, 0) is 198 Å². The minimum Gasteiger partial charge on any atom is -0.310 e. The molecule has 0 amide bonds. The Morgan fingerprint density at radius 2 is 0.374 bits per heavy atom. The van der Waals surface area contributed by atoms with E-state index in [2.05, 4.69) is 519 Å².